The maximum absolute atomic E-state index is 13.6. The van der Waals surface area contributed by atoms with Gasteiger partial charge < -0.3 is 5.11 Å². The van der Waals surface area contributed by atoms with Gasteiger partial charge in [0.05, 0.1) is 18.2 Å². The van der Waals surface area contributed by atoms with Crippen LogP contribution in [0.25, 0.3) is 0 Å². The highest BCUT2D eigenvalue weighted by atomic mass is 19.1. The van der Waals surface area contributed by atoms with Crippen LogP contribution < -0.4 is 0 Å². The second-order valence-electron chi connectivity index (χ2n) is 4.42. The molecule has 19 heavy (non-hydrogen) atoms. The van der Waals surface area contributed by atoms with E-state index in [2.05, 4.69) is 0 Å². The molecular weight excluding hydrogens is 252 g/mol. The van der Waals surface area contributed by atoms with Gasteiger partial charge in [-0.2, -0.15) is 0 Å². The molecule has 0 aromatic heterocycles. The van der Waals surface area contributed by atoms with E-state index in [4.69, 9.17) is 5.11 Å². The summed E-state index contributed by atoms with van der Waals surface area (Å²) >= 11 is 0. The first kappa shape index (κ1) is 15.7. The number of halogens is 2. The van der Waals surface area contributed by atoms with Gasteiger partial charge in [-0.1, -0.05) is 6.92 Å². The molecule has 1 aromatic rings. The Balaban J connectivity index is 2.90. The van der Waals surface area contributed by atoms with Gasteiger partial charge >= 0.3 is 0 Å². The van der Waals surface area contributed by atoms with Crippen LogP contribution in [0.15, 0.2) is 18.2 Å². The lowest BCUT2D eigenvalue weighted by atomic mass is 10.0. The van der Waals surface area contributed by atoms with Gasteiger partial charge in [0, 0.05) is 12.6 Å². The SMILES string of the molecule is CCCN(CCO)C(C)C(=O)c1ccc(F)cc1F. The van der Waals surface area contributed by atoms with Crippen molar-refractivity contribution in [3.63, 3.8) is 0 Å². The van der Waals surface area contributed by atoms with Crippen molar-refractivity contribution in [3.8, 4) is 0 Å². The standard InChI is InChI=1S/C14H19F2NO2/c1-3-6-17(7-8-18)10(2)14(19)12-5-4-11(15)9-13(12)16/h4-5,9-10,18H,3,6-8H2,1-2H3. The second kappa shape index (κ2) is 7.31. The van der Waals surface area contributed by atoms with Crippen LogP contribution in [0, 0.1) is 11.6 Å². The Bertz CT molecular complexity index is 431. The quantitative estimate of drug-likeness (QED) is 0.773. The third-order valence-corrected chi connectivity index (χ3v) is 3.02. The average Bonchev–Trinajstić information content (AvgIpc) is 2.37. The Labute approximate surface area is 111 Å². The van der Waals surface area contributed by atoms with Crippen LogP contribution in [-0.2, 0) is 0 Å². The van der Waals surface area contributed by atoms with Gasteiger partial charge in [-0.25, -0.2) is 8.78 Å². The van der Waals surface area contributed by atoms with Crippen LogP contribution in [-0.4, -0.2) is 41.5 Å². The average molecular weight is 271 g/mol. The van der Waals surface area contributed by atoms with Crippen molar-refractivity contribution in [1.82, 2.24) is 4.90 Å². The third kappa shape index (κ3) is 4.08. The highest BCUT2D eigenvalue weighted by Gasteiger charge is 2.24. The first-order valence-corrected chi connectivity index (χ1v) is 6.35. The molecule has 0 fully saturated rings. The molecule has 0 amide bonds. The zero-order valence-corrected chi connectivity index (χ0v) is 11.2. The van der Waals surface area contributed by atoms with E-state index in [1.54, 1.807) is 11.8 Å². The van der Waals surface area contributed by atoms with Gasteiger partial charge in [0.25, 0.3) is 0 Å². The molecular formula is C14H19F2NO2. The lowest BCUT2D eigenvalue weighted by Crippen LogP contribution is -2.41. The summed E-state index contributed by atoms with van der Waals surface area (Å²) < 4.78 is 26.4. The number of rotatable bonds is 7. The van der Waals surface area contributed by atoms with Crippen molar-refractivity contribution < 1.29 is 18.7 Å². The number of hydrogen-bond acceptors (Lipinski definition) is 3. The molecule has 0 radical (unpaired) electrons. The molecule has 0 aliphatic rings. The summed E-state index contributed by atoms with van der Waals surface area (Å²) in [6.07, 6.45) is 0.823. The molecule has 0 saturated carbocycles. The number of aliphatic hydroxyl groups excluding tert-OH is 1. The van der Waals surface area contributed by atoms with E-state index in [1.165, 1.54) is 0 Å². The maximum atomic E-state index is 13.6. The first-order chi connectivity index (χ1) is 9.01. The zero-order chi connectivity index (χ0) is 14.4. The minimum atomic E-state index is -0.850. The Kier molecular flexibility index (Phi) is 6.05. The maximum Gasteiger partial charge on any atom is 0.182 e. The molecule has 0 aliphatic heterocycles. The van der Waals surface area contributed by atoms with Crippen LogP contribution >= 0.6 is 0 Å². The van der Waals surface area contributed by atoms with Crippen molar-refractivity contribution in [2.45, 2.75) is 26.3 Å². The fourth-order valence-electron chi connectivity index (χ4n) is 1.99. The monoisotopic (exact) mass is 271 g/mol. The molecule has 1 unspecified atom stereocenters. The summed E-state index contributed by atoms with van der Waals surface area (Å²) in [5, 5.41) is 8.98. The summed E-state index contributed by atoms with van der Waals surface area (Å²) in [5.74, 6) is -1.96. The lowest BCUT2D eigenvalue weighted by Gasteiger charge is -2.27. The first-order valence-electron chi connectivity index (χ1n) is 6.35. The minimum Gasteiger partial charge on any atom is -0.395 e. The van der Waals surface area contributed by atoms with E-state index in [9.17, 15) is 13.6 Å². The molecule has 106 valence electrons. The Morgan fingerprint density at radius 2 is 2.05 bits per heavy atom. The largest absolute Gasteiger partial charge is 0.395 e. The summed E-state index contributed by atoms with van der Waals surface area (Å²) in [6.45, 7) is 4.54. The Morgan fingerprint density at radius 1 is 1.37 bits per heavy atom. The second-order valence-corrected chi connectivity index (χ2v) is 4.42. The summed E-state index contributed by atoms with van der Waals surface area (Å²) in [4.78, 5) is 14.0. The molecule has 1 rings (SSSR count). The third-order valence-electron chi connectivity index (χ3n) is 3.02. The van der Waals surface area contributed by atoms with E-state index in [0.29, 0.717) is 19.2 Å². The van der Waals surface area contributed by atoms with Gasteiger partial charge in [0.2, 0.25) is 0 Å². The van der Waals surface area contributed by atoms with Crippen LogP contribution in [0.4, 0.5) is 8.78 Å². The zero-order valence-electron chi connectivity index (χ0n) is 11.2. The van der Waals surface area contributed by atoms with Crippen molar-refractivity contribution in [2.24, 2.45) is 0 Å². The van der Waals surface area contributed by atoms with Gasteiger partial charge in [-0.15, -0.1) is 0 Å². The smallest absolute Gasteiger partial charge is 0.182 e. The van der Waals surface area contributed by atoms with Crippen LogP contribution in [0.1, 0.15) is 30.6 Å². The molecule has 0 bridgehead atoms. The minimum absolute atomic E-state index is 0.0660. The predicted molar refractivity (Wildman–Crippen MR) is 69.1 cm³/mol. The van der Waals surface area contributed by atoms with E-state index in [1.807, 2.05) is 6.92 Å². The number of nitrogens with zero attached hydrogens (tertiary/aromatic N) is 1. The van der Waals surface area contributed by atoms with E-state index < -0.39 is 23.5 Å². The van der Waals surface area contributed by atoms with Crippen LogP contribution in [0.3, 0.4) is 0 Å². The topological polar surface area (TPSA) is 40.5 Å². The molecule has 0 heterocycles. The number of carbonyl (C=O) groups excluding carboxylic acids is 1. The lowest BCUT2D eigenvalue weighted by molar-refractivity contribution is 0.0804. The van der Waals surface area contributed by atoms with E-state index >= 15 is 0 Å². The summed E-state index contributed by atoms with van der Waals surface area (Å²) in [5.41, 5.74) is -0.118. The number of hydrogen-bond donors (Lipinski definition) is 1. The van der Waals surface area contributed by atoms with Crippen molar-refractivity contribution in [3.05, 3.63) is 35.4 Å². The molecule has 0 aliphatic carbocycles. The van der Waals surface area contributed by atoms with Gasteiger partial charge in [0.1, 0.15) is 11.6 Å². The van der Waals surface area contributed by atoms with Gasteiger partial charge in [0.15, 0.2) is 5.78 Å². The fraction of sp³-hybridized carbons (Fsp3) is 0.500. The highest BCUT2D eigenvalue weighted by molar-refractivity contribution is 6.00. The number of Topliss-reactive ketones (excluding diaryl/α,β-unsaturated/α-hetero) is 1. The van der Waals surface area contributed by atoms with Crippen LogP contribution in [0.5, 0.6) is 0 Å². The Hall–Kier alpha value is -1.33. The molecule has 0 saturated heterocycles. The summed E-state index contributed by atoms with van der Waals surface area (Å²) in [7, 11) is 0. The number of aliphatic hydroxyl groups is 1. The molecule has 5 heteroatoms. The molecule has 0 spiro atoms. The molecule has 1 aromatic carbocycles. The summed E-state index contributed by atoms with van der Waals surface area (Å²) in [6, 6.07) is 2.38. The van der Waals surface area contributed by atoms with Crippen LogP contribution in [0.2, 0.25) is 0 Å². The normalized spacial score (nSPS) is 12.7. The van der Waals surface area contributed by atoms with Crippen molar-refractivity contribution in [2.75, 3.05) is 19.7 Å². The van der Waals surface area contributed by atoms with Crippen molar-refractivity contribution >= 4 is 5.78 Å². The molecule has 1 atom stereocenters. The highest BCUT2D eigenvalue weighted by Crippen LogP contribution is 2.14. The number of benzene rings is 1. The van der Waals surface area contributed by atoms with E-state index in [-0.39, 0.29) is 12.2 Å². The Morgan fingerprint density at radius 3 is 2.58 bits per heavy atom. The number of ketones is 1. The van der Waals surface area contributed by atoms with Gasteiger partial charge in [-0.05, 0) is 32.0 Å². The van der Waals surface area contributed by atoms with Crippen molar-refractivity contribution in [1.29, 1.82) is 0 Å². The molecule has 3 nitrogen and oxygen atoms in total. The predicted octanol–water partition coefficient (Wildman–Crippen LogP) is 2.24. The van der Waals surface area contributed by atoms with E-state index in [0.717, 1.165) is 18.6 Å². The fourth-order valence-corrected chi connectivity index (χ4v) is 1.99. The molecule has 1 N–H and O–H groups in total. The van der Waals surface area contributed by atoms with Gasteiger partial charge in [-0.3, -0.25) is 9.69 Å². The number of carbonyl (C=O) groups is 1.